The largest absolute Gasteiger partial charge is 0.310 e. The van der Waals surface area contributed by atoms with Crippen molar-refractivity contribution in [1.82, 2.24) is 9.55 Å². The molecule has 114 valence electrons. The maximum atomic E-state index is 12.2. The number of halogens is 1. The summed E-state index contributed by atoms with van der Waals surface area (Å²) in [6.07, 6.45) is 2.16. The van der Waals surface area contributed by atoms with E-state index in [4.69, 9.17) is 11.6 Å². The zero-order valence-corrected chi connectivity index (χ0v) is 13.0. The maximum absolute atomic E-state index is 12.2. The van der Waals surface area contributed by atoms with Crippen LogP contribution in [0.1, 0.15) is 23.6 Å². The fourth-order valence-corrected chi connectivity index (χ4v) is 3.09. The Morgan fingerprint density at radius 3 is 2.57 bits per heavy atom. The van der Waals surface area contributed by atoms with E-state index in [9.17, 15) is 4.79 Å². The lowest BCUT2D eigenvalue weighted by Gasteiger charge is -2.23. The summed E-state index contributed by atoms with van der Waals surface area (Å²) in [5.41, 5.74) is 2.91. The van der Waals surface area contributed by atoms with E-state index >= 15 is 0 Å². The Balaban J connectivity index is 1.81. The number of nitrogens with zero attached hydrogens (tertiary/aromatic N) is 2. The van der Waals surface area contributed by atoms with Crippen molar-refractivity contribution in [1.29, 1.82) is 0 Å². The zero-order chi connectivity index (χ0) is 15.8. The first-order valence-electron chi connectivity index (χ1n) is 7.40. The number of nitrogens with one attached hydrogen (secondary N) is 1. The Bertz CT molecular complexity index is 856. The third-order valence-corrected chi connectivity index (χ3v) is 4.33. The summed E-state index contributed by atoms with van der Waals surface area (Å²) in [6, 6.07) is 17.5. The van der Waals surface area contributed by atoms with E-state index in [1.54, 1.807) is 6.33 Å². The van der Waals surface area contributed by atoms with Crippen LogP contribution in [-0.2, 0) is 4.79 Å². The van der Waals surface area contributed by atoms with Gasteiger partial charge in [0, 0.05) is 23.0 Å². The molecule has 3 aromatic rings. The van der Waals surface area contributed by atoms with Crippen LogP contribution in [0.15, 0.2) is 60.9 Å². The first-order chi connectivity index (χ1) is 11.2. The molecule has 0 fully saturated rings. The smallest absolute Gasteiger partial charge is 0.226 e. The van der Waals surface area contributed by atoms with Crippen molar-refractivity contribution in [3.05, 3.63) is 77.2 Å². The normalized spacial score (nSPS) is 16.7. The third-order valence-electron chi connectivity index (χ3n) is 4.08. The Hall–Kier alpha value is -2.59. The van der Waals surface area contributed by atoms with E-state index in [-0.39, 0.29) is 11.8 Å². The van der Waals surface area contributed by atoms with Crippen LogP contribution >= 0.6 is 11.6 Å². The predicted octanol–water partition coefficient (Wildman–Crippen LogP) is 4.00. The van der Waals surface area contributed by atoms with Gasteiger partial charge in [0.2, 0.25) is 5.91 Å². The van der Waals surface area contributed by atoms with Gasteiger partial charge in [0.1, 0.15) is 12.1 Å². The number of carbonyl (C=O) groups is 1. The molecule has 0 saturated heterocycles. The molecule has 0 aliphatic carbocycles. The number of rotatable bonds is 2. The molecule has 1 aliphatic rings. The molecular weight excluding hydrogens is 310 g/mol. The standard InChI is InChI=1S/C18H14ClN3O/c19-13-6-8-14(9-7-13)22-11-20-17-15(10-16(23)21-18(17)22)12-4-2-1-3-5-12/h1-9,11,15H,10H2,(H,21,23)/t15-/m0/s1. The Morgan fingerprint density at radius 1 is 1.09 bits per heavy atom. The highest BCUT2D eigenvalue weighted by molar-refractivity contribution is 6.30. The van der Waals surface area contributed by atoms with Gasteiger partial charge in [0.15, 0.2) is 0 Å². The van der Waals surface area contributed by atoms with E-state index in [0.717, 1.165) is 22.8 Å². The van der Waals surface area contributed by atoms with E-state index in [0.29, 0.717) is 11.4 Å². The highest BCUT2D eigenvalue weighted by Crippen LogP contribution is 2.37. The molecule has 4 rings (SSSR count). The van der Waals surface area contributed by atoms with Crippen LogP contribution in [0.4, 0.5) is 5.82 Å². The second-order valence-electron chi connectivity index (χ2n) is 5.54. The van der Waals surface area contributed by atoms with Crippen LogP contribution in [0, 0.1) is 0 Å². The van der Waals surface area contributed by atoms with Gasteiger partial charge in [-0.15, -0.1) is 0 Å². The number of benzene rings is 2. The van der Waals surface area contributed by atoms with Gasteiger partial charge in [-0.2, -0.15) is 0 Å². The van der Waals surface area contributed by atoms with Crippen LogP contribution < -0.4 is 5.32 Å². The van der Waals surface area contributed by atoms with Gasteiger partial charge >= 0.3 is 0 Å². The van der Waals surface area contributed by atoms with Gasteiger partial charge < -0.3 is 5.32 Å². The highest BCUT2D eigenvalue weighted by atomic mass is 35.5. The average Bonchev–Trinajstić information content (AvgIpc) is 2.99. The molecule has 1 atom stereocenters. The van der Waals surface area contributed by atoms with Crippen molar-refractivity contribution in [2.75, 3.05) is 5.32 Å². The van der Waals surface area contributed by atoms with Gasteiger partial charge in [-0.05, 0) is 29.8 Å². The van der Waals surface area contributed by atoms with E-state index in [2.05, 4.69) is 10.3 Å². The second kappa shape index (κ2) is 5.56. The van der Waals surface area contributed by atoms with Gasteiger partial charge in [0.05, 0.1) is 5.69 Å². The lowest BCUT2D eigenvalue weighted by Crippen LogP contribution is -2.24. The van der Waals surface area contributed by atoms with Crippen LogP contribution in [0.3, 0.4) is 0 Å². The van der Waals surface area contributed by atoms with Crippen LogP contribution in [0.25, 0.3) is 5.69 Å². The summed E-state index contributed by atoms with van der Waals surface area (Å²) in [5, 5.41) is 3.62. The van der Waals surface area contributed by atoms with E-state index in [1.807, 2.05) is 59.2 Å². The minimum Gasteiger partial charge on any atom is -0.310 e. The Kier molecular flexibility index (Phi) is 3.39. The molecule has 1 aromatic heterocycles. The first kappa shape index (κ1) is 14.0. The van der Waals surface area contributed by atoms with Gasteiger partial charge in [-0.1, -0.05) is 41.9 Å². The minimum atomic E-state index is -0.0199. The summed E-state index contributed by atoms with van der Waals surface area (Å²) >= 11 is 5.95. The highest BCUT2D eigenvalue weighted by Gasteiger charge is 2.30. The number of imidazole rings is 1. The summed E-state index contributed by atoms with van der Waals surface area (Å²) in [6.45, 7) is 0. The minimum absolute atomic E-state index is 0.00191. The lowest BCUT2D eigenvalue weighted by molar-refractivity contribution is -0.116. The molecule has 23 heavy (non-hydrogen) atoms. The van der Waals surface area contributed by atoms with Crippen molar-refractivity contribution in [2.24, 2.45) is 0 Å². The number of anilines is 1. The Morgan fingerprint density at radius 2 is 1.83 bits per heavy atom. The third kappa shape index (κ3) is 2.51. The molecule has 4 nitrogen and oxygen atoms in total. The predicted molar refractivity (Wildman–Crippen MR) is 90.1 cm³/mol. The maximum Gasteiger partial charge on any atom is 0.226 e. The van der Waals surface area contributed by atoms with Crippen molar-refractivity contribution in [2.45, 2.75) is 12.3 Å². The molecule has 0 unspecified atom stereocenters. The molecule has 0 bridgehead atoms. The molecule has 2 heterocycles. The molecule has 2 aromatic carbocycles. The average molecular weight is 324 g/mol. The SMILES string of the molecule is O=C1C[C@@H](c2ccccc2)c2ncn(-c3ccc(Cl)cc3)c2N1. The molecule has 1 aliphatic heterocycles. The van der Waals surface area contributed by atoms with Crippen molar-refractivity contribution in [3.63, 3.8) is 0 Å². The topological polar surface area (TPSA) is 46.9 Å². The molecule has 0 radical (unpaired) electrons. The molecule has 5 heteroatoms. The summed E-state index contributed by atoms with van der Waals surface area (Å²) in [5.74, 6) is 0.716. The summed E-state index contributed by atoms with van der Waals surface area (Å²) < 4.78 is 1.89. The second-order valence-corrected chi connectivity index (χ2v) is 5.98. The summed E-state index contributed by atoms with van der Waals surface area (Å²) in [4.78, 5) is 16.7. The fourth-order valence-electron chi connectivity index (χ4n) is 2.97. The summed E-state index contributed by atoms with van der Waals surface area (Å²) in [7, 11) is 0. The molecule has 0 spiro atoms. The van der Waals surface area contributed by atoms with Crippen molar-refractivity contribution < 1.29 is 4.79 Å². The van der Waals surface area contributed by atoms with E-state index < -0.39 is 0 Å². The van der Waals surface area contributed by atoms with Crippen molar-refractivity contribution in [3.8, 4) is 5.69 Å². The van der Waals surface area contributed by atoms with E-state index in [1.165, 1.54) is 0 Å². The monoisotopic (exact) mass is 323 g/mol. The van der Waals surface area contributed by atoms with Crippen LogP contribution in [0.5, 0.6) is 0 Å². The molecule has 0 saturated carbocycles. The molecule has 1 N–H and O–H groups in total. The number of carbonyl (C=O) groups excluding carboxylic acids is 1. The number of fused-ring (bicyclic) bond motifs is 1. The lowest BCUT2D eigenvalue weighted by atomic mass is 9.90. The quantitative estimate of drug-likeness (QED) is 0.775. The van der Waals surface area contributed by atoms with Crippen molar-refractivity contribution >= 4 is 23.3 Å². The van der Waals surface area contributed by atoms with Crippen LogP contribution in [-0.4, -0.2) is 15.5 Å². The number of hydrogen-bond donors (Lipinski definition) is 1. The Labute approximate surface area is 138 Å². The molecular formula is C18H14ClN3O. The van der Waals surface area contributed by atoms with Gasteiger partial charge in [-0.3, -0.25) is 9.36 Å². The number of aromatic nitrogens is 2. The fraction of sp³-hybridized carbons (Fsp3) is 0.111. The zero-order valence-electron chi connectivity index (χ0n) is 12.2. The van der Waals surface area contributed by atoms with Gasteiger partial charge in [-0.25, -0.2) is 4.98 Å². The van der Waals surface area contributed by atoms with Gasteiger partial charge in [0.25, 0.3) is 0 Å². The first-order valence-corrected chi connectivity index (χ1v) is 7.78. The number of amides is 1. The van der Waals surface area contributed by atoms with Crippen LogP contribution in [0.2, 0.25) is 5.02 Å². The number of hydrogen-bond acceptors (Lipinski definition) is 2. The molecule has 1 amide bonds.